The molecule has 1 aromatic heterocycles. The Morgan fingerprint density at radius 3 is 3.00 bits per heavy atom. The molecule has 6 nitrogen and oxygen atoms in total. The second-order valence-corrected chi connectivity index (χ2v) is 3.49. The number of nitrogens with zero attached hydrogens (tertiary/aromatic N) is 2. The molecule has 1 aromatic rings. The summed E-state index contributed by atoms with van der Waals surface area (Å²) in [6.07, 6.45) is 1.70. The highest BCUT2D eigenvalue weighted by molar-refractivity contribution is 7.80. The van der Waals surface area contributed by atoms with Crippen LogP contribution in [0.4, 0.5) is 11.8 Å². The Kier molecular flexibility index (Phi) is 4.17. The lowest BCUT2D eigenvalue weighted by Gasteiger charge is -2.17. The van der Waals surface area contributed by atoms with E-state index in [0.717, 1.165) is 18.9 Å². The van der Waals surface area contributed by atoms with Gasteiger partial charge in [-0.2, -0.15) is 0 Å². The number of anilines is 2. The Balaban J connectivity index is 2.30. The van der Waals surface area contributed by atoms with Crippen molar-refractivity contribution < 1.29 is 0 Å². The highest BCUT2D eigenvalue weighted by Gasteiger charge is 2.03. The van der Waals surface area contributed by atoms with Crippen molar-refractivity contribution in [1.82, 2.24) is 20.6 Å². The van der Waals surface area contributed by atoms with Gasteiger partial charge in [0.25, 0.3) is 0 Å². The molecular formula is C8H16N6S. The SMILES string of the molecule is CNC(=S)NCCN(C)c1cnc(N)[nH]1. The van der Waals surface area contributed by atoms with Gasteiger partial charge in [-0.05, 0) is 12.2 Å². The van der Waals surface area contributed by atoms with E-state index in [1.807, 2.05) is 11.9 Å². The second kappa shape index (κ2) is 5.40. The van der Waals surface area contributed by atoms with Gasteiger partial charge in [-0.15, -0.1) is 0 Å². The van der Waals surface area contributed by atoms with E-state index in [2.05, 4.69) is 20.6 Å². The predicted octanol–water partition coefficient (Wildman–Crippen LogP) is -0.478. The van der Waals surface area contributed by atoms with Gasteiger partial charge in [-0.3, -0.25) is 0 Å². The number of rotatable bonds is 4. The second-order valence-electron chi connectivity index (χ2n) is 3.08. The number of nitrogens with one attached hydrogen (secondary N) is 3. The Hall–Kier alpha value is -1.50. The molecule has 0 aromatic carbocycles. The van der Waals surface area contributed by atoms with E-state index < -0.39 is 0 Å². The number of nitrogen functional groups attached to an aromatic ring is 1. The molecule has 0 fully saturated rings. The lowest BCUT2D eigenvalue weighted by Crippen LogP contribution is -2.37. The fourth-order valence-electron chi connectivity index (χ4n) is 1.07. The smallest absolute Gasteiger partial charge is 0.199 e. The van der Waals surface area contributed by atoms with Crippen LogP contribution in [0, 0.1) is 0 Å². The molecule has 0 atom stereocenters. The van der Waals surface area contributed by atoms with Crippen molar-refractivity contribution in [3.63, 3.8) is 0 Å². The number of likely N-dealkylation sites (N-methyl/N-ethyl adjacent to an activating group) is 1. The predicted molar refractivity (Wildman–Crippen MR) is 65.9 cm³/mol. The number of thiocarbonyl (C=S) groups is 1. The molecule has 0 unspecified atom stereocenters. The average molecular weight is 228 g/mol. The fourth-order valence-corrected chi connectivity index (χ4v) is 1.17. The van der Waals surface area contributed by atoms with Gasteiger partial charge in [0, 0.05) is 27.2 Å². The third-order valence-corrected chi connectivity index (χ3v) is 2.30. The van der Waals surface area contributed by atoms with Crippen LogP contribution in [0.5, 0.6) is 0 Å². The molecule has 5 N–H and O–H groups in total. The monoisotopic (exact) mass is 228 g/mol. The summed E-state index contributed by atoms with van der Waals surface area (Å²) in [5.74, 6) is 1.32. The number of aromatic amines is 1. The minimum absolute atomic E-state index is 0.426. The first-order chi connectivity index (χ1) is 7.13. The molecule has 0 saturated heterocycles. The Morgan fingerprint density at radius 1 is 1.73 bits per heavy atom. The maximum atomic E-state index is 5.48. The van der Waals surface area contributed by atoms with E-state index in [0.29, 0.717) is 11.1 Å². The number of hydrogen-bond acceptors (Lipinski definition) is 4. The zero-order chi connectivity index (χ0) is 11.3. The first-order valence-electron chi connectivity index (χ1n) is 4.60. The average Bonchev–Trinajstić information content (AvgIpc) is 2.64. The van der Waals surface area contributed by atoms with E-state index in [1.54, 1.807) is 13.2 Å². The quantitative estimate of drug-likeness (QED) is 0.521. The van der Waals surface area contributed by atoms with Gasteiger partial charge in [0.1, 0.15) is 5.82 Å². The van der Waals surface area contributed by atoms with Gasteiger partial charge in [-0.1, -0.05) is 0 Å². The van der Waals surface area contributed by atoms with Crippen molar-refractivity contribution in [2.24, 2.45) is 0 Å². The molecule has 1 rings (SSSR count). The van der Waals surface area contributed by atoms with Crippen LogP contribution in [0.25, 0.3) is 0 Å². The van der Waals surface area contributed by atoms with Gasteiger partial charge in [0.15, 0.2) is 11.1 Å². The van der Waals surface area contributed by atoms with Crippen LogP contribution in [0.2, 0.25) is 0 Å². The number of imidazole rings is 1. The molecule has 0 aliphatic heterocycles. The van der Waals surface area contributed by atoms with Crippen molar-refractivity contribution in [1.29, 1.82) is 0 Å². The van der Waals surface area contributed by atoms with Crippen LogP contribution in [-0.4, -0.2) is 42.3 Å². The highest BCUT2D eigenvalue weighted by atomic mass is 32.1. The molecule has 15 heavy (non-hydrogen) atoms. The number of nitrogens with two attached hydrogens (primary N) is 1. The summed E-state index contributed by atoms with van der Waals surface area (Å²) in [4.78, 5) is 8.87. The molecule has 7 heteroatoms. The number of hydrogen-bond donors (Lipinski definition) is 4. The number of H-pyrrole nitrogens is 1. The van der Waals surface area contributed by atoms with Gasteiger partial charge >= 0.3 is 0 Å². The minimum Gasteiger partial charge on any atom is -0.369 e. The van der Waals surface area contributed by atoms with E-state index in [1.165, 1.54) is 0 Å². The summed E-state index contributed by atoms with van der Waals surface area (Å²) in [5, 5.41) is 6.54. The largest absolute Gasteiger partial charge is 0.369 e. The molecule has 0 aliphatic carbocycles. The van der Waals surface area contributed by atoms with Gasteiger partial charge < -0.3 is 26.3 Å². The summed E-state index contributed by atoms with van der Waals surface area (Å²) < 4.78 is 0. The van der Waals surface area contributed by atoms with Crippen LogP contribution in [0.1, 0.15) is 0 Å². The van der Waals surface area contributed by atoms with Crippen molar-refractivity contribution in [3.8, 4) is 0 Å². The first-order valence-corrected chi connectivity index (χ1v) is 5.01. The Morgan fingerprint density at radius 2 is 2.47 bits per heavy atom. The Labute approximate surface area is 94.2 Å². The maximum Gasteiger partial charge on any atom is 0.199 e. The van der Waals surface area contributed by atoms with E-state index in [4.69, 9.17) is 18.0 Å². The van der Waals surface area contributed by atoms with Crippen molar-refractivity contribution in [3.05, 3.63) is 6.20 Å². The Bertz CT molecular complexity index is 323. The summed E-state index contributed by atoms with van der Waals surface area (Å²) in [6, 6.07) is 0. The van der Waals surface area contributed by atoms with Crippen LogP contribution >= 0.6 is 12.2 Å². The minimum atomic E-state index is 0.426. The van der Waals surface area contributed by atoms with Gasteiger partial charge in [-0.25, -0.2) is 4.98 Å². The van der Waals surface area contributed by atoms with E-state index >= 15 is 0 Å². The molecule has 0 radical (unpaired) electrons. The van der Waals surface area contributed by atoms with Crippen LogP contribution in [0.15, 0.2) is 6.20 Å². The lowest BCUT2D eigenvalue weighted by molar-refractivity contribution is 0.807. The van der Waals surface area contributed by atoms with Crippen LogP contribution in [-0.2, 0) is 0 Å². The summed E-state index contributed by atoms with van der Waals surface area (Å²) in [6.45, 7) is 1.57. The third kappa shape index (κ3) is 3.62. The summed E-state index contributed by atoms with van der Waals surface area (Å²) in [7, 11) is 3.74. The van der Waals surface area contributed by atoms with Crippen molar-refractivity contribution >= 4 is 29.1 Å². The fraction of sp³-hybridized carbons (Fsp3) is 0.500. The number of aromatic nitrogens is 2. The van der Waals surface area contributed by atoms with Crippen molar-refractivity contribution in [2.45, 2.75) is 0 Å². The lowest BCUT2D eigenvalue weighted by atomic mass is 10.5. The summed E-state index contributed by atoms with van der Waals surface area (Å²) in [5.41, 5.74) is 5.48. The molecule has 0 amide bonds. The molecule has 0 spiro atoms. The standard InChI is InChI=1S/C8H16N6S/c1-10-8(15)11-3-4-14(2)6-5-12-7(9)13-6/h5H,3-4H2,1-2H3,(H3,9,12,13)(H2,10,11,15). The van der Waals surface area contributed by atoms with Crippen LogP contribution < -0.4 is 21.3 Å². The molecular weight excluding hydrogens is 212 g/mol. The first kappa shape index (κ1) is 11.6. The molecule has 0 bridgehead atoms. The van der Waals surface area contributed by atoms with Crippen LogP contribution in [0.3, 0.4) is 0 Å². The topological polar surface area (TPSA) is 82.0 Å². The normalized spacial score (nSPS) is 9.73. The molecule has 0 aliphatic rings. The molecule has 84 valence electrons. The zero-order valence-electron chi connectivity index (χ0n) is 8.87. The van der Waals surface area contributed by atoms with Gasteiger partial charge in [0.05, 0.1) is 6.20 Å². The molecule has 1 heterocycles. The zero-order valence-corrected chi connectivity index (χ0v) is 9.69. The maximum absolute atomic E-state index is 5.48. The van der Waals surface area contributed by atoms with Gasteiger partial charge in [0.2, 0.25) is 0 Å². The molecule has 0 saturated carbocycles. The summed E-state index contributed by atoms with van der Waals surface area (Å²) >= 11 is 4.95. The third-order valence-electron chi connectivity index (χ3n) is 1.95. The van der Waals surface area contributed by atoms with E-state index in [-0.39, 0.29) is 0 Å². The van der Waals surface area contributed by atoms with Crippen molar-refractivity contribution in [2.75, 3.05) is 37.8 Å². The van der Waals surface area contributed by atoms with E-state index in [9.17, 15) is 0 Å². The highest BCUT2D eigenvalue weighted by Crippen LogP contribution is 2.08.